The first-order chi connectivity index (χ1) is 21.8. The molecule has 7 nitrogen and oxygen atoms in total. The fourth-order valence-corrected chi connectivity index (χ4v) is 5.89. The van der Waals surface area contributed by atoms with Crippen LogP contribution >= 0.6 is 0 Å². The molecule has 1 aromatic carbocycles. The van der Waals surface area contributed by atoms with Crippen LogP contribution in [0.4, 0.5) is 29.1 Å². The highest BCUT2D eigenvalue weighted by atomic mass is 19.4. The van der Waals surface area contributed by atoms with Gasteiger partial charge >= 0.3 is 6.18 Å². The molecule has 0 radical (unpaired) electrons. The summed E-state index contributed by atoms with van der Waals surface area (Å²) in [7, 11) is 0. The fourth-order valence-electron chi connectivity index (χ4n) is 5.89. The van der Waals surface area contributed by atoms with Crippen molar-refractivity contribution in [3.05, 3.63) is 77.5 Å². The lowest BCUT2D eigenvalue weighted by molar-refractivity contribution is -0.141. The Balaban J connectivity index is 2.15. The monoisotopic (exact) mass is 644 g/mol. The Morgan fingerprint density at radius 3 is 2.46 bits per heavy atom. The number of anilines is 2. The van der Waals surface area contributed by atoms with Gasteiger partial charge in [0.1, 0.15) is 23.7 Å². The van der Waals surface area contributed by atoms with Gasteiger partial charge in [-0.3, -0.25) is 4.79 Å². The van der Waals surface area contributed by atoms with Crippen molar-refractivity contribution in [3.63, 3.8) is 0 Å². The Morgan fingerprint density at radius 2 is 1.87 bits per heavy atom. The lowest BCUT2D eigenvalue weighted by Gasteiger charge is -2.41. The highest BCUT2D eigenvalue weighted by Gasteiger charge is 2.35. The van der Waals surface area contributed by atoms with Crippen molar-refractivity contribution >= 4 is 23.0 Å². The van der Waals surface area contributed by atoms with Crippen molar-refractivity contribution in [1.29, 1.82) is 0 Å². The molecule has 1 amide bonds. The SMILES string of the molecule is C=C([C@H](CCCC)CC(C)CC)N(/C=C\N)C1=C(C(C)CC)c2c(F)cc(C(=O)Nc3cc(C(F)(F)F)ncn3)cc2N(CC)C1. The molecule has 0 spiro atoms. The number of nitrogens with two attached hydrogens (primary N) is 1. The lowest BCUT2D eigenvalue weighted by atomic mass is 9.83. The van der Waals surface area contributed by atoms with Crippen molar-refractivity contribution in [1.82, 2.24) is 14.9 Å². The predicted molar refractivity (Wildman–Crippen MR) is 177 cm³/mol. The molecule has 1 aromatic heterocycles. The largest absolute Gasteiger partial charge is 0.433 e. The van der Waals surface area contributed by atoms with E-state index in [0.717, 1.165) is 67.9 Å². The number of allylic oxidation sites excluding steroid dienone is 2. The van der Waals surface area contributed by atoms with Crippen molar-refractivity contribution in [3.8, 4) is 0 Å². The van der Waals surface area contributed by atoms with E-state index in [1.165, 1.54) is 6.20 Å². The number of nitrogens with one attached hydrogen (secondary N) is 1. The predicted octanol–water partition coefficient (Wildman–Crippen LogP) is 8.97. The number of fused-ring (bicyclic) bond motifs is 1. The van der Waals surface area contributed by atoms with Crippen LogP contribution in [0.25, 0.3) is 5.57 Å². The van der Waals surface area contributed by atoms with E-state index in [2.05, 4.69) is 49.6 Å². The maximum atomic E-state index is 16.4. The maximum absolute atomic E-state index is 16.4. The number of amides is 1. The summed E-state index contributed by atoms with van der Waals surface area (Å²) in [4.78, 5) is 24.2. The number of hydrogen-bond donors (Lipinski definition) is 2. The minimum Gasteiger partial charge on any atom is -0.403 e. The number of carbonyl (C=O) groups is 1. The third kappa shape index (κ3) is 8.47. The average Bonchev–Trinajstić information content (AvgIpc) is 3.03. The summed E-state index contributed by atoms with van der Waals surface area (Å²) in [6.45, 7) is 18.2. The lowest BCUT2D eigenvalue weighted by Crippen LogP contribution is -2.38. The zero-order valence-corrected chi connectivity index (χ0v) is 27.8. The molecule has 3 atom stereocenters. The second kappa shape index (κ2) is 16.1. The van der Waals surface area contributed by atoms with Crippen LogP contribution in [0.2, 0.25) is 0 Å². The van der Waals surface area contributed by atoms with Crippen LogP contribution in [0.15, 0.2) is 54.9 Å². The van der Waals surface area contributed by atoms with Gasteiger partial charge in [0, 0.05) is 53.2 Å². The van der Waals surface area contributed by atoms with E-state index in [1.807, 2.05) is 29.8 Å². The molecule has 2 unspecified atom stereocenters. The Hall–Kier alpha value is -3.89. The molecule has 46 heavy (non-hydrogen) atoms. The molecule has 0 bridgehead atoms. The first-order valence-electron chi connectivity index (χ1n) is 16.2. The van der Waals surface area contributed by atoms with Gasteiger partial charge in [-0.25, -0.2) is 14.4 Å². The smallest absolute Gasteiger partial charge is 0.403 e. The van der Waals surface area contributed by atoms with E-state index in [4.69, 9.17) is 5.73 Å². The highest BCUT2D eigenvalue weighted by Crippen LogP contribution is 2.45. The quantitative estimate of drug-likeness (QED) is 0.188. The minimum absolute atomic E-state index is 0.0369. The molecule has 3 N–H and O–H groups in total. The first-order valence-corrected chi connectivity index (χ1v) is 16.2. The summed E-state index contributed by atoms with van der Waals surface area (Å²) in [5.74, 6) is -1.05. The van der Waals surface area contributed by atoms with E-state index in [9.17, 15) is 18.0 Å². The standard InChI is InChI=1S/C35H48F4N6O/c1-8-12-13-25(16-22(5)9-2)24(7)45(15-14-40)29-20-44(11-4)28-18-26(17-27(36)33(28)32(29)23(6)10-3)34(46)43-31-19-30(35(37,38)39)41-21-42-31/h14-15,17-19,21-23,25H,7-13,16,20,40H2,1-6H3,(H,41,42,43,46)/b15-14-/t22?,23?,25-/m1/s1. The number of halogens is 4. The van der Waals surface area contributed by atoms with Crippen LogP contribution in [0.3, 0.4) is 0 Å². The Morgan fingerprint density at radius 1 is 1.15 bits per heavy atom. The zero-order chi connectivity index (χ0) is 34.2. The van der Waals surface area contributed by atoms with Crippen molar-refractivity contribution in [2.75, 3.05) is 23.3 Å². The number of unbranched alkanes of at least 4 members (excludes halogenated alkanes) is 1. The fraction of sp³-hybridized carbons (Fsp3) is 0.514. The van der Waals surface area contributed by atoms with Gasteiger partial charge in [-0.1, -0.05) is 60.5 Å². The van der Waals surface area contributed by atoms with Crippen LogP contribution in [-0.4, -0.2) is 33.9 Å². The summed E-state index contributed by atoms with van der Waals surface area (Å²) in [5.41, 5.74) is 8.33. The molecule has 1 aliphatic rings. The zero-order valence-electron chi connectivity index (χ0n) is 27.8. The van der Waals surface area contributed by atoms with Crippen molar-refractivity contribution in [2.24, 2.45) is 23.5 Å². The second-order valence-electron chi connectivity index (χ2n) is 12.1. The van der Waals surface area contributed by atoms with Gasteiger partial charge < -0.3 is 20.9 Å². The van der Waals surface area contributed by atoms with E-state index in [-0.39, 0.29) is 23.2 Å². The topological polar surface area (TPSA) is 87.4 Å². The molecule has 3 rings (SSSR count). The first kappa shape index (κ1) is 36.6. The Bertz CT molecular complexity index is 1440. The summed E-state index contributed by atoms with van der Waals surface area (Å²) >= 11 is 0. The molecule has 0 aliphatic carbocycles. The summed E-state index contributed by atoms with van der Waals surface area (Å²) in [5, 5.41) is 2.36. The Kier molecular flexibility index (Phi) is 12.8. The van der Waals surface area contributed by atoms with E-state index >= 15 is 4.39 Å². The molecular weight excluding hydrogens is 596 g/mol. The average molecular weight is 645 g/mol. The molecule has 0 saturated heterocycles. The Labute approximate surface area is 270 Å². The second-order valence-corrected chi connectivity index (χ2v) is 12.1. The number of alkyl halides is 3. The van der Waals surface area contributed by atoms with Crippen LogP contribution in [-0.2, 0) is 6.18 Å². The highest BCUT2D eigenvalue weighted by molar-refractivity contribution is 6.05. The van der Waals surface area contributed by atoms with Gasteiger partial charge in [0.2, 0.25) is 0 Å². The minimum atomic E-state index is -4.71. The van der Waals surface area contributed by atoms with Crippen molar-refractivity contribution in [2.45, 2.75) is 86.2 Å². The molecule has 252 valence electrons. The number of nitrogens with zero attached hydrogens (tertiary/aromatic N) is 4. The molecule has 2 heterocycles. The molecule has 0 saturated carbocycles. The van der Waals surface area contributed by atoms with Gasteiger partial charge in [-0.2, -0.15) is 13.2 Å². The number of benzene rings is 1. The third-order valence-corrected chi connectivity index (χ3v) is 8.88. The van der Waals surface area contributed by atoms with E-state index < -0.39 is 23.6 Å². The van der Waals surface area contributed by atoms with E-state index in [0.29, 0.717) is 36.3 Å². The van der Waals surface area contributed by atoms with Gasteiger partial charge in [-0.15, -0.1) is 0 Å². The van der Waals surface area contributed by atoms with E-state index in [1.54, 1.807) is 6.07 Å². The van der Waals surface area contributed by atoms with Crippen LogP contribution < -0.4 is 16.0 Å². The molecule has 0 fully saturated rings. The molecule has 2 aromatic rings. The summed E-state index contributed by atoms with van der Waals surface area (Å²) in [6.07, 6.45) is 5.20. The summed E-state index contributed by atoms with van der Waals surface area (Å²) in [6, 6.07) is 3.36. The number of likely N-dealkylation sites (N-methyl/N-ethyl adjacent to an activating group) is 1. The molecule has 11 heteroatoms. The number of carbonyl (C=O) groups excluding carboxylic acids is 1. The van der Waals surface area contributed by atoms with Gasteiger partial charge in [-0.05, 0) is 61.6 Å². The van der Waals surface area contributed by atoms with Crippen LogP contribution in [0.5, 0.6) is 0 Å². The van der Waals surface area contributed by atoms with Crippen LogP contribution in [0, 0.1) is 23.6 Å². The van der Waals surface area contributed by atoms with Crippen molar-refractivity contribution < 1.29 is 22.4 Å². The summed E-state index contributed by atoms with van der Waals surface area (Å²) < 4.78 is 55.8. The number of rotatable bonds is 15. The van der Waals surface area contributed by atoms with Crippen LogP contribution in [0.1, 0.15) is 102 Å². The van der Waals surface area contributed by atoms with Gasteiger partial charge in [0.25, 0.3) is 5.91 Å². The normalized spacial score (nSPS) is 15.5. The third-order valence-electron chi connectivity index (χ3n) is 8.88. The maximum Gasteiger partial charge on any atom is 0.433 e. The number of hydrogen-bond acceptors (Lipinski definition) is 6. The van der Waals surface area contributed by atoms with Gasteiger partial charge in [0.15, 0.2) is 0 Å². The molecular formula is C35H48F4N6O. The molecule has 1 aliphatic heterocycles. The van der Waals surface area contributed by atoms with Gasteiger partial charge in [0.05, 0.1) is 6.54 Å². The number of aromatic nitrogens is 2.